The summed E-state index contributed by atoms with van der Waals surface area (Å²) in [5.74, 6) is -1.52. The molecule has 2 aromatic carbocycles. The van der Waals surface area contributed by atoms with Crippen molar-refractivity contribution in [3.63, 3.8) is 0 Å². The second-order valence-corrected chi connectivity index (χ2v) is 5.08. The Bertz CT molecular complexity index is 676. The van der Waals surface area contributed by atoms with Crippen LogP contribution < -0.4 is 0 Å². The zero-order valence-corrected chi connectivity index (χ0v) is 9.79. The van der Waals surface area contributed by atoms with Crippen LogP contribution in [0.25, 0.3) is 11.1 Å². The van der Waals surface area contributed by atoms with Crippen LogP contribution in [0.3, 0.4) is 0 Å². The van der Waals surface area contributed by atoms with Crippen LogP contribution in [-0.2, 0) is 10.1 Å². The molecule has 0 aliphatic heterocycles. The molecule has 94 valence electrons. The Labute approximate surface area is 102 Å². The molecule has 0 aliphatic rings. The van der Waals surface area contributed by atoms with E-state index in [4.69, 9.17) is 4.55 Å². The topological polar surface area (TPSA) is 54.4 Å². The smallest absolute Gasteiger partial charge is 0.282 e. The lowest BCUT2D eigenvalue weighted by molar-refractivity contribution is 0.483. The fourth-order valence-electron chi connectivity index (χ4n) is 1.56. The molecule has 1 N–H and O–H groups in total. The minimum absolute atomic E-state index is 0.193. The molecule has 2 rings (SSSR count). The Morgan fingerprint density at radius 2 is 1.50 bits per heavy atom. The first-order valence-electron chi connectivity index (χ1n) is 4.90. The number of rotatable bonds is 2. The SMILES string of the molecule is O=S(=O)(O)c1cccc(-c2cc(F)cc(F)c2)c1. The molecule has 0 amide bonds. The Balaban J connectivity index is 2.58. The third-order valence-electron chi connectivity index (χ3n) is 2.33. The molecule has 6 heteroatoms. The van der Waals surface area contributed by atoms with Crippen LogP contribution >= 0.6 is 0 Å². The van der Waals surface area contributed by atoms with Crippen molar-refractivity contribution in [1.82, 2.24) is 0 Å². The van der Waals surface area contributed by atoms with Crippen LogP contribution in [0.1, 0.15) is 0 Å². The Hall–Kier alpha value is -1.79. The lowest BCUT2D eigenvalue weighted by Crippen LogP contribution is -1.97. The van der Waals surface area contributed by atoms with Crippen LogP contribution in [0, 0.1) is 11.6 Å². The summed E-state index contributed by atoms with van der Waals surface area (Å²) in [5, 5.41) is 0. The largest absolute Gasteiger partial charge is 0.294 e. The van der Waals surface area contributed by atoms with Gasteiger partial charge in [0.05, 0.1) is 4.90 Å². The van der Waals surface area contributed by atoms with E-state index < -0.39 is 21.8 Å². The predicted molar refractivity (Wildman–Crippen MR) is 61.6 cm³/mol. The van der Waals surface area contributed by atoms with Crippen molar-refractivity contribution < 1.29 is 21.8 Å². The molecule has 0 saturated carbocycles. The predicted octanol–water partition coefficient (Wildman–Crippen LogP) is 2.88. The van der Waals surface area contributed by atoms with Crippen molar-refractivity contribution in [2.45, 2.75) is 4.90 Å². The van der Waals surface area contributed by atoms with Crippen LogP contribution in [-0.4, -0.2) is 13.0 Å². The fourth-order valence-corrected chi connectivity index (χ4v) is 2.08. The van der Waals surface area contributed by atoms with Crippen molar-refractivity contribution in [3.05, 3.63) is 54.1 Å². The summed E-state index contributed by atoms with van der Waals surface area (Å²) in [4.78, 5) is -0.329. The highest BCUT2D eigenvalue weighted by atomic mass is 32.2. The molecular formula is C12H8F2O3S. The molecule has 0 bridgehead atoms. The van der Waals surface area contributed by atoms with Crippen molar-refractivity contribution in [3.8, 4) is 11.1 Å². The molecule has 0 unspecified atom stereocenters. The molecule has 0 heterocycles. The highest BCUT2D eigenvalue weighted by Crippen LogP contribution is 2.24. The van der Waals surface area contributed by atoms with Gasteiger partial charge in [-0.25, -0.2) is 8.78 Å². The van der Waals surface area contributed by atoms with Crippen molar-refractivity contribution in [2.24, 2.45) is 0 Å². The molecule has 0 radical (unpaired) electrons. The number of hydrogen-bond acceptors (Lipinski definition) is 2. The lowest BCUT2D eigenvalue weighted by atomic mass is 10.1. The Morgan fingerprint density at radius 3 is 2.06 bits per heavy atom. The van der Waals surface area contributed by atoms with Crippen molar-refractivity contribution in [2.75, 3.05) is 0 Å². The van der Waals surface area contributed by atoms with E-state index in [9.17, 15) is 17.2 Å². The molecule has 0 aromatic heterocycles. The normalized spacial score (nSPS) is 11.5. The van der Waals surface area contributed by atoms with Crippen LogP contribution in [0.5, 0.6) is 0 Å². The lowest BCUT2D eigenvalue weighted by Gasteiger charge is -2.04. The molecule has 0 spiro atoms. The summed E-state index contributed by atoms with van der Waals surface area (Å²) in [6.07, 6.45) is 0. The van der Waals surface area contributed by atoms with E-state index in [1.54, 1.807) is 0 Å². The van der Waals surface area contributed by atoms with E-state index in [1.807, 2.05) is 0 Å². The molecular weight excluding hydrogens is 262 g/mol. The first kappa shape index (κ1) is 12.7. The number of hydrogen-bond donors (Lipinski definition) is 1. The molecule has 3 nitrogen and oxygen atoms in total. The van der Waals surface area contributed by atoms with Gasteiger partial charge in [-0.3, -0.25) is 4.55 Å². The van der Waals surface area contributed by atoms with Gasteiger partial charge in [0.1, 0.15) is 11.6 Å². The highest BCUT2D eigenvalue weighted by molar-refractivity contribution is 7.85. The van der Waals surface area contributed by atoms with Gasteiger partial charge in [-0.1, -0.05) is 12.1 Å². The molecule has 0 saturated heterocycles. The molecule has 18 heavy (non-hydrogen) atoms. The quantitative estimate of drug-likeness (QED) is 0.854. The average molecular weight is 270 g/mol. The summed E-state index contributed by atoms with van der Waals surface area (Å²) < 4.78 is 56.9. The maximum absolute atomic E-state index is 13.0. The first-order valence-corrected chi connectivity index (χ1v) is 6.34. The summed E-state index contributed by atoms with van der Waals surface area (Å²) in [6, 6.07) is 8.07. The zero-order chi connectivity index (χ0) is 13.3. The average Bonchev–Trinajstić information content (AvgIpc) is 2.27. The summed E-state index contributed by atoms with van der Waals surface area (Å²) >= 11 is 0. The van der Waals surface area contributed by atoms with Crippen molar-refractivity contribution in [1.29, 1.82) is 0 Å². The summed E-state index contributed by atoms with van der Waals surface area (Å²) in [7, 11) is -4.34. The minimum Gasteiger partial charge on any atom is -0.282 e. The Morgan fingerprint density at radius 1 is 0.889 bits per heavy atom. The Kier molecular flexibility index (Phi) is 3.14. The monoisotopic (exact) mass is 270 g/mol. The van der Waals surface area contributed by atoms with E-state index in [1.165, 1.54) is 18.2 Å². The van der Waals surface area contributed by atoms with Gasteiger partial charge in [0.2, 0.25) is 0 Å². The molecule has 0 atom stereocenters. The van der Waals surface area contributed by atoms with Gasteiger partial charge in [-0.2, -0.15) is 8.42 Å². The van der Waals surface area contributed by atoms with E-state index in [0.717, 1.165) is 24.3 Å². The standard InChI is InChI=1S/C12H8F2O3S/c13-10-4-9(5-11(14)7-10)8-2-1-3-12(6-8)18(15,16)17/h1-7H,(H,15,16,17). The summed E-state index contributed by atoms with van der Waals surface area (Å²) in [6.45, 7) is 0. The van der Waals surface area contributed by atoms with E-state index in [0.29, 0.717) is 5.56 Å². The second kappa shape index (κ2) is 4.47. The van der Waals surface area contributed by atoms with Gasteiger partial charge in [-0.05, 0) is 35.4 Å². The van der Waals surface area contributed by atoms with Crippen LogP contribution in [0.15, 0.2) is 47.4 Å². The molecule has 0 fully saturated rings. The van der Waals surface area contributed by atoms with Gasteiger partial charge in [0, 0.05) is 6.07 Å². The molecule has 0 aliphatic carbocycles. The van der Waals surface area contributed by atoms with E-state index in [2.05, 4.69) is 0 Å². The third-order valence-corrected chi connectivity index (χ3v) is 3.18. The van der Waals surface area contributed by atoms with Crippen LogP contribution in [0.2, 0.25) is 0 Å². The van der Waals surface area contributed by atoms with Gasteiger partial charge in [0.15, 0.2) is 0 Å². The van der Waals surface area contributed by atoms with Gasteiger partial charge in [0.25, 0.3) is 10.1 Å². The van der Waals surface area contributed by atoms with Crippen LogP contribution in [0.4, 0.5) is 8.78 Å². The van der Waals surface area contributed by atoms with Crippen molar-refractivity contribution >= 4 is 10.1 Å². The van der Waals surface area contributed by atoms with Gasteiger partial charge < -0.3 is 0 Å². The van der Waals surface area contributed by atoms with E-state index in [-0.39, 0.29) is 10.5 Å². The third kappa shape index (κ3) is 2.72. The van der Waals surface area contributed by atoms with Gasteiger partial charge in [-0.15, -0.1) is 0 Å². The number of halogens is 2. The zero-order valence-electron chi connectivity index (χ0n) is 8.97. The summed E-state index contributed by atoms with van der Waals surface area (Å²) in [5.41, 5.74) is 0.488. The minimum atomic E-state index is -4.34. The molecule has 2 aromatic rings. The highest BCUT2D eigenvalue weighted by Gasteiger charge is 2.11. The maximum atomic E-state index is 13.0. The fraction of sp³-hybridized carbons (Fsp3) is 0. The first-order chi connectivity index (χ1) is 8.36. The second-order valence-electron chi connectivity index (χ2n) is 3.66. The van der Waals surface area contributed by atoms with Gasteiger partial charge >= 0.3 is 0 Å². The number of benzene rings is 2. The maximum Gasteiger partial charge on any atom is 0.294 e. The van der Waals surface area contributed by atoms with E-state index >= 15 is 0 Å².